The van der Waals surface area contributed by atoms with E-state index >= 15 is 0 Å². The summed E-state index contributed by atoms with van der Waals surface area (Å²) in [6.07, 6.45) is 6.82. The number of nitrogens with zero attached hydrogens (tertiary/aromatic N) is 4. The topological polar surface area (TPSA) is 118 Å². The lowest BCUT2D eigenvalue weighted by molar-refractivity contribution is -0.118. The molecule has 0 radical (unpaired) electrons. The zero-order chi connectivity index (χ0) is 24.9. The fourth-order valence-corrected chi connectivity index (χ4v) is 4.75. The minimum atomic E-state index is -0.119. The highest BCUT2D eigenvalue weighted by Gasteiger charge is 2.21. The Kier molecular flexibility index (Phi) is 7.62. The van der Waals surface area contributed by atoms with Crippen LogP contribution in [0.3, 0.4) is 0 Å². The number of carbonyl (C=O) groups is 1. The van der Waals surface area contributed by atoms with Gasteiger partial charge >= 0.3 is 0 Å². The molecule has 3 aromatic rings. The number of hydrogen-bond donors (Lipinski definition) is 4. The third-order valence-corrected chi connectivity index (χ3v) is 6.84. The predicted octanol–water partition coefficient (Wildman–Crippen LogP) is 3.53. The van der Waals surface area contributed by atoms with Gasteiger partial charge in [-0.1, -0.05) is 32.4 Å². The van der Waals surface area contributed by atoms with Crippen LogP contribution in [0.15, 0.2) is 30.5 Å². The molecule has 4 heterocycles. The Morgan fingerprint density at radius 1 is 1.19 bits per heavy atom. The summed E-state index contributed by atoms with van der Waals surface area (Å²) in [6.45, 7) is 7.20. The first kappa shape index (κ1) is 24.5. The predicted molar refractivity (Wildman–Crippen MR) is 140 cm³/mol. The number of rotatable bonds is 8. The summed E-state index contributed by atoms with van der Waals surface area (Å²) in [7, 11) is 0. The molecule has 0 bridgehead atoms. The van der Waals surface area contributed by atoms with E-state index in [9.17, 15) is 4.79 Å². The van der Waals surface area contributed by atoms with Crippen molar-refractivity contribution in [3.63, 3.8) is 0 Å². The summed E-state index contributed by atoms with van der Waals surface area (Å²) in [6, 6.07) is 8.08. The van der Waals surface area contributed by atoms with Gasteiger partial charge in [0.1, 0.15) is 0 Å². The first-order valence-electron chi connectivity index (χ1n) is 13.0. The molecular weight excluding hydrogens is 456 g/mol. The molecule has 0 saturated carbocycles. The van der Waals surface area contributed by atoms with E-state index in [0.717, 1.165) is 74.3 Å². The highest BCUT2D eigenvalue weighted by atomic mass is 16.5. The Labute approximate surface area is 211 Å². The monoisotopic (exact) mass is 492 g/mol. The molecule has 1 amide bonds. The molecule has 2 fully saturated rings. The second-order valence-corrected chi connectivity index (χ2v) is 9.94. The number of aromatic nitrogens is 4. The number of nitrogens with one attached hydrogen (secondary N) is 4. The van der Waals surface area contributed by atoms with E-state index in [1.165, 1.54) is 0 Å². The molecular formula is C26H36N8O2. The van der Waals surface area contributed by atoms with Gasteiger partial charge in [0.25, 0.3) is 0 Å². The van der Waals surface area contributed by atoms with Crippen LogP contribution in [0, 0.1) is 0 Å². The number of fused-ring (bicyclic) bond motifs is 1. The molecule has 1 unspecified atom stereocenters. The number of hydrogen-bond acceptors (Lipinski definition) is 8. The molecule has 10 nitrogen and oxygen atoms in total. The fourth-order valence-electron chi connectivity index (χ4n) is 4.75. The van der Waals surface area contributed by atoms with Crippen molar-refractivity contribution in [1.82, 2.24) is 24.9 Å². The third kappa shape index (κ3) is 5.76. The number of benzene rings is 1. The van der Waals surface area contributed by atoms with Crippen LogP contribution >= 0.6 is 0 Å². The van der Waals surface area contributed by atoms with Gasteiger partial charge in [-0.05, 0) is 55.8 Å². The summed E-state index contributed by atoms with van der Waals surface area (Å²) >= 11 is 0. The van der Waals surface area contributed by atoms with Gasteiger partial charge in [0.2, 0.25) is 17.8 Å². The van der Waals surface area contributed by atoms with Crippen LogP contribution in [-0.4, -0.2) is 57.3 Å². The van der Waals surface area contributed by atoms with Gasteiger partial charge in [-0.15, -0.1) is 0 Å². The van der Waals surface area contributed by atoms with E-state index in [2.05, 4.69) is 40.2 Å². The zero-order valence-corrected chi connectivity index (χ0v) is 21.1. The first-order valence-corrected chi connectivity index (χ1v) is 13.0. The van der Waals surface area contributed by atoms with Gasteiger partial charge in [0.15, 0.2) is 5.65 Å². The average Bonchev–Trinajstić information content (AvgIpc) is 3.33. The van der Waals surface area contributed by atoms with Crippen LogP contribution in [0.25, 0.3) is 5.65 Å². The van der Waals surface area contributed by atoms with Crippen molar-refractivity contribution in [3.8, 4) is 0 Å². The minimum absolute atomic E-state index is 0.0268. The number of anilines is 3. The van der Waals surface area contributed by atoms with E-state index in [1.54, 1.807) is 4.52 Å². The first-order chi connectivity index (χ1) is 17.6. The van der Waals surface area contributed by atoms with Crippen LogP contribution < -0.4 is 21.3 Å². The van der Waals surface area contributed by atoms with Crippen LogP contribution in [0.5, 0.6) is 0 Å². The molecule has 4 N–H and O–H groups in total. The van der Waals surface area contributed by atoms with Crippen molar-refractivity contribution < 1.29 is 9.53 Å². The van der Waals surface area contributed by atoms with Crippen LogP contribution in [0.4, 0.5) is 17.6 Å². The smallest absolute Gasteiger partial charge is 0.241 e. The van der Waals surface area contributed by atoms with Crippen LogP contribution in [-0.2, 0) is 16.1 Å². The molecule has 2 aliphatic heterocycles. The van der Waals surface area contributed by atoms with Gasteiger partial charge in [-0.2, -0.15) is 19.6 Å². The Morgan fingerprint density at radius 2 is 2.06 bits per heavy atom. The van der Waals surface area contributed by atoms with E-state index < -0.39 is 0 Å². The maximum absolute atomic E-state index is 12.6. The van der Waals surface area contributed by atoms with Gasteiger partial charge in [0.05, 0.1) is 12.2 Å². The van der Waals surface area contributed by atoms with Crippen molar-refractivity contribution in [3.05, 3.63) is 41.6 Å². The molecule has 2 aliphatic rings. The number of amides is 1. The lowest BCUT2D eigenvalue weighted by Crippen LogP contribution is -2.43. The van der Waals surface area contributed by atoms with Crippen molar-refractivity contribution >= 4 is 29.1 Å². The Morgan fingerprint density at radius 3 is 2.83 bits per heavy atom. The van der Waals surface area contributed by atoms with Gasteiger partial charge in [0, 0.05) is 37.1 Å². The quantitative estimate of drug-likeness (QED) is 0.377. The molecule has 5 rings (SSSR count). The van der Waals surface area contributed by atoms with Gasteiger partial charge in [-0.25, -0.2) is 0 Å². The van der Waals surface area contributed by atoms with E-state index in [-0.39, 0.29) is 11.9 Å². The highest BCUT2D eigenvalue weighted by molar-refractivity contribution is 5.94. The molecule has 2 saturated heterocycles. The van der Waals surface area contributed by atoms with Crippen LogP contribution in [0.1, 0.15) is 63.0 Å². The Bertz CT molecular complexity index is 1180. The standard InChI is InChI=1S/C26H36N8O2/c1-17(2)21-16-29-34-23(21)32-25(31-19-9-12-36-13-10-19)33-26(34)28-15-18-6-5-7-20(14-18)30-24(35)22-8-3-4-11-27-22/h5-7,14,16-17,19,22,27H,3-4,8-13,15H2,1-2H3,(H,30,35)(H2,28,31,32,33). The maximum atomic E-state index is 12.6. The van der Waals surface area contributed by atoms with Crippen molar-refractivity contribution in [2.24, 2.45) is 0 Å². The highest BCUT2D eigenvalue weighted by Crippen LogP contribution is 2.23. The van der Waals surface area contributed by atoms with Crippen molar-refractivity contribution in [1.29, 1.82) is 0 Å². The van der Waals surface area contributed by atoms with E-state index in [4.69, 9.17) is 14.7 Å². The Balaban J connectivity index is 1.32. The van der Waals surface area contributed by atoms with Gasteiger partial charge in [-0.3, -0.25) is 4.79 Å². The lowest BCUT2D eigenvalue weighted by atomic mass is 10.0. The molecule has 1 aromatic carbocycles. The molecule has 2 aromatic heterocycles. The second kappa shape index (κ2) is 11.2. The average molecular weight is 493 g/mol. The molecule has 36 heavy (non-hydrogen) atoms. The number of carbonyl (C=O) groups excluding carboxylic acids is 1. The third-order valence-electron chi connectivity index (χ3n) is 6.84. The van der Waals surface area contributed by atoms with E-state index in [0.29, 0.717) is 30.4 Å². The summed E-state index contributed by atoms with van der Waals surface area (Å²) in [5.74, 6) is 1.54. The SMILES string of the molecule is CC(C)c1cnn2c(NCc3cccc(NC(=O)C4CCCCN4)c3)nc(NC3CCOCC3)nc12. The number of ether oxygens (including phenoxy) is 1. The largest absolute Gasteiger partial charge is 0.381 e. The number of piperidine rings is 1. The molecule has 0 aliphatic carbocycles. The van der Waals surface area contributed by atoms with Crippen molar-refractivity contribution in [2.45, 2.75) is 70.5 Å². The summed E-state index contributed by atoms with van der Waals surface area (Å²) < 4.78 is 7.26. The summed E-state index contributed by atoms with van der Waals surface area (Å²) in [5.41, 5.74) is 3.71. The minimum Gasteiger partial charge on any atom is -0.381 e. The lowest BCUT2D eigenvalue weighted by Gasteiger charge is -2.23. The zero-order valence-electron chi connectivity index (χ0n) is 21.1. The van der Waals surface area contributed by atoms with Crippen LogP contribution in [0.2, 0.25) is 0 Å². The molecule has 0 spiro atoms. The fraction of sp³-hybridized carbons (Fsp3) is 0.538. The normalized spacial score (nSPS) is 18.9. The summed E-state index contributed by atoms with van der Waals surface area (Å²) in [4.78, 5) is 22.2. The van der Waals surface area contributed by atoms with Crippen molar-refractivity contribution in [2.75, 3.05) is 35.7 Å². The van der Waals surface area contributed by atoms with Gasteiger partial charge < -0.3 is 26.0 Å². The Hall–Kier alpha value is -3.24. The van der Waals surface area contributed by atoms with E-state index in [1.807, 2.05) is 30.5 Å². The molecule has 10 heteroatoms. The summed E-state index contributed by atoms with van der Waals surface area (Å²) in [5, 5.41) is 17.9. The maximum Gasteiger partial charge on any atom is 0.241 e. The molecule has 1 atom stereocenters. The second-order valence-electron chi connectivity index (χ2n) is 9.94. The molecule has 192 valence electrons.